The van der Waals surface area contributed by atoms with E-state index in [-0.39, 0.29) is 5.91 Å². The number of hydrogen-bond acceptors (Lipinski definition) is 4. The molecule has 1 aromatic carbocycles. The lowest BCUT2D eigenvalue weighted by molar-refractivity contribution is -0.141. The van der Waals surface area contributed by atoms with E-state index in [1.807, 2.05) is 24.3 Å². The Morgan fingerprint density at radius 3 is 2.85 bits per heavy atom. The van der Waals surface area contributed by atoms with Crippen LogP contribution in [-0.2, 0) is 16.0 Å². The molecule has 2 N–H and O–H groups in total. The zero-order valence-corrected chi connectivity index (χ0v) is 11.9. The summed E-state index contributed by atoms with van der Waals surface area (Å²) >= 11 is 1.63. The largest absolute Gasteiger partial charge is 0.480 e. The molecule has 0 fully saturated rings. The number of nitrogens with one attached hydrogen (secondary N) is 1. The smallest absolute Gasteiger partial charge is 0.325 e. The summed E-state index contributed by atoms with van der Waals surface area (Å²) in [5.41, 5.74) is 0.983. The normalized spacial score (nSPS) is 12.2. The van der Waals surface area contributed by atoms with Crippen molar-refractivity contribution in [3.63, 3.8) is 0 Å². The Morgan fingerprint density at radius 1 is 1.40 bits per heavy atom. The standard InChI is InChI=1S/C14H16N2O3S/c1-9(14(18)19)15-12(17)7-4-8-13-16-10-5-2-3-6-11(10)20-13/h2-3,5-6,9H,4,7-8H2,1H3,(H,15,17)(H,18,19)/t9-/m0/s1. The van der Waals surface area contributed by atoms with Crippen LogP contribution in [-0.4, -0.2) is 28.0 Å². The second kappa shape index (κ2) is 6.47. The van der Waals surface area contributed by atoms with Gasteiger partial charge in [0.25, 0.3) is 0 Å². The second-order valence-corrected chi connectivity index (χ2v) is 5.67. The van der Waals surface area contributed by atoms with Crippen LogP contribution in [0.15, 0.2) is 24.3 Å². The molecule has 0 saturated carbocycles. The number of thiazole rings is 1. The average molecular weight is 292 g/mol. The maximum absolute atomic E-state index is 11.5. The van der Waals surface area contributed by atoms with Crippen LogP contribution in [0.2, 0.25) is 0 Å². The van der Waals surface area contributed by atoms with Gasteiger partial charge in [-0.2, -0.15) is 0 Å². The number of hydrogen-bond donors (Lipinski definition) is 2. The van der Waals surface area contributed by atoms with E-state index in [9.17, 15) is 9.59 Å². The van der Waals surface area contributed by atoms with Gasteiger partial charge in [0, 0.05) is 6.42 Å². The number of aryl methyl sites for hydroxylation is 1. The van der Waals surface area contributed by atoms with Crippen molar-refractivity contribution in [3.8, 4) is 0 Å². The third-order valence-corrected chi connectivity index (χ3v) is 3.98. The van der Waals surface area contributed by atoms with Crippen LogP contribution < -0.4 is 5.32 Å². The van der Waals surface area contributed by atoms with Crippen molar-refractivity contribution < 1.29 is 14.7 Å². The molecule has 0 aliphatic heterocycles. The SMILES string of the molecule is C[C@H](NC(=O)CCCc1nc2ccccc2s1)C(=O)O. The summed E-state index contributed by atoms with van der Waals surface area (Å²) in [5.74, 6) is -1.26. The molecule has 1 heterocycles. The van der Waals surface area contributed by atoms with E-state index >= 15 is 0 Å². The molecule has 2 rings (SSSR count). The number of carbonyl (C=O) groups excluding carboxylic acids is 1. The summed E-state index contributed by atoms with van der Waals surface area (Å²) in [7, 11) is 0. The number of rotatable bonds is 6. The molecule has 5 nitrogen and oxygen atoms in total. The number of carbonyl (C=O) groups is 2. The maximum atomic E-state index is 11.5. The molecule has 106 valence electrons. The summed E-state index contributed by atoms with van der Waals surface area (Å²) < 4.78 is 1.14. The molecule has 2 aromatic rings. The Balaban J connectivity index is 1.81. The molecule has 0 unspecified atom stereocenters. The van der Waals surface area contributed by atoms with Crippen LogP contribution in [0.5, 0.6) is 0 Å². The Labute approximate surface area is 120 Å². The Bertz CT molecular complexity index is 591. The first-order valence-electron chi connectivity index (χ1n) is 6.43. The molecule has 1 atom stereocenters. The van der Waals surface area contributed by atoms with Gasteiger partial charge in [0.1, 0.15) is 6.04 Å². The minimum absolute atomic E-state index is 0.235. The molecule has 1 amide bonds. The van der Waals surface area contributed by atoms with E-state index in [1.165, 1.54) is 6.92 Å². The molecule has 0 spiro atoms. The highest BCUT2D eigenvalue weighted by Crippen LogP contribution is 2.22. The van der Waals surface area contributed by atoms with Crippen LogP contribution in [0, 0.1) is 0 Å². The van der Waals surface area contributed by atoms with Gasteiger partial charge in [-0.25, -0.2) is 4.98 Å². The van der Waals surface area contributed by atoms with Crippen molar-refractivity contribution >= 4 is 33.4 Å². The number of para-hydroxylation sites is 1. The van der Waals surface area contributed by atoms with E-state index in [4.69, 9.17) is 5.11 Å². The average Bonchev–Trinajstić information content (AvgIpc) is 2.81. The lowest BCUT2D eigenvalue weighted by Crippen LogP contribution is -2.38. The van der Waals surface area contributed by atoms with Crippen molar-refractivity contribution in [2.75, 3.05) is 0 Å². The number of benzene rings is 1. The molecule has 6 heteroatoms. The fraction of sp³-hybridized carbons (Fsp3) is 0.357. The highest BCUT2D eigenvalue weighted by atomic mass is 32.1. The summed E-state index contributed by atoms with van der Waals surface area (Å²) in [4.78, 5) is 26.6. The van der Waals surface area contributed by atoms with E-state index in [1.54, 1.807) is 11.3 Å². The van der Waals surface area contributed by atoms with Crippen molar-refractivity contribution in [3.05, 3.63) is 29.3 Å². The van der Waals surface area contributed by atoms with Gasteiger partial charge in [0.05, 0.1) is 15.2 Å². The van der Waals surface area contributed by atoms with Crippen LogP contribution in [0.25, 0.3) is 10.2 Å². The van der Waals surface area contributed by atoms with E-state index in [0.717, 1.165) is 21.6 Å². The number of amides is 1. The predicted molar refractivity (Wildman–Crippen MR) is 77.8 cm³/mol. The first-order chi connectivity index (χ1) is 9.56. The molecule has 0 radical (unpaired) electrons. The Morgan fingerprint density at radius 2 is 2.15 bits per heavy atom. The van der Waals surface area contributed by atoms with Crippen LogP contribution in [0.3, 0.4) is 0 Å². The van der Waals surface area contributed by atoms with Crippen LogP contribution in [0.4, 0.5) is 0 Å². The Hall–Kier alpha value is -1.95. The number of aromatic nitrogens is 1. The highest BCUT2D eigenvalue weighted by molar-refractivity contribution is 7.18. The topological polar surface area (TPSA) is 79.3 Å². The van der Waals surface area contributed by atoms with Gasteiger partial charge < -0.3 is 10.4 Å². The molecule has 0 saturated heterocycles. The number of nitrogens with zero attached hydrogens (tertiary/aromatic N) is 1. The summed E-state index contributed by atoms with van der Waals surface area (Å²) in [6.45, 7) is 1.45. The minimum atomic E-state index is -1.02. The third kappa shape index (κ3) is 3.77. The molecular weight excluding hydrogens is 276 g/mol. The van der Waals surface area contributed by atoms with Gasteiger partial charge in [-0.15, -0.1) is 11.3 Å². The van der Waals surface area contributed by atoms with Gasteiger partial charge in [0.2, 0.25) is 5.91 Å². The van der Waals surface area contributed by atoms with Gasteiger partial charge >= 0.3 is 5.97 Å². The highest BCUT2D eigenvalue weighted by Gasteiger charge is 2.13. The first kappa shape index (κ1) is 14.5. The molecule has 20 heavy (non-hydrogen) atoms. The molecule has 1 aromatic heterocycles. The van der Waals surface area contributed by atoms with Gasteiger partial charge in [-0.1, -0.05) is 12.1 Å². The van der Waals surface area contributed by atoms with Crippen molar-refractivity contribution in [2.24, 2.45) is 0 Å². The van der Waals surface area contributed by atoms with Gasteiger partial charge in [-0.05, 0) is 31.9 Å². The third-order valence-electron chi connectivity index (χ3n) is 2.88. The summed E-state index contributed by atoms with van der Waals surface area (Å²) in [5, 5.41) is 12.1. The number of carboxylic acids is 1. The first-order valence-corrected chi connectivity index (χ1v) is 7.24. The van der Waals surface area contributed by atoms with E-state index < -0.39 is 12.0 Å². The van der Waals surface area contributed by atoms with Gasteiger partial charge in [-0.3, -0.25) is 9.59 Å². The van der Waals surface area contributed by atoms with Crippen molar-refractivity contribution in [1.29, 1.82) is 0 Å². The fourth-order valence-electron chi connectivity index (χ4n) is 1.80. The molecule has 0 aliphatic rings. The second-order valence-electron chi connectivity index (χ2n) is 4.56. The van der Waals surface area contributed by atoms with E-state index in [0.29, 0.717) is 12.8 Å². The van der Waals surface area contributed by atoms with Crippen LogP contribution >= 0.6 is 11.3 Å². The number of carboxylic acid groups (broad SMARTS) is 1. The zero-order valence-electron chi connectivity index (χ0n) is 11.1. The predicted octanol–water partition coefficient (Wildman–Crippen LogP) is 2.21. The molecule has 0 aliphatic carbocycles. The summed E-state index contributed by atoms with van der Waals surface area (Å²) in [6, 6.07) is 7.08. The summed E-state index contributed by atoms with van der Waals surface area (Å²) in [6.07, 6.45) is 1.71. The van der Waals surface area contributed by atoms with Crippen molar-refractivity contribution in [1.82, 2.24) is 10.3 Å². The number of aliphatic carboxylic acids is 1. The molecule has 0 bridgehead atoms. The minimum Gasteiger partial charge on any atom is -0.480 e. The fourth-order valence-corrected chi connectivity index (χ4v) is 2.81. The quantitative estimate of drug-likeness (QED) is 0.855. The lowest BCUT2D eigenvalue weighted by atomic mass is 10.2. The molecular formula is C14H16N2O3S. The monoisotopic (exact) mass is 292 g/mol. The Kier molecular flexibility index (Phi) is 4.68. The van der Waals surface area contributed by atoms with Gasteiger partial charge in [0.15, 0.2) is 0 Å². The maximum Gasteiger partial charge on any atom is 0.325 e. The lowest BCUT2D eigenvalue weighted by Gasteiger charge is -2.08. The number of fused-ring (bicyclic) bond motifs is 1. The zero-order chi connectivity index (χ0) is 14.5. The van der Waals surface area contributed by atoms with Crippen molar-refractivity contribution in [2.45, 2.75) is 32.2 Å². The van der Waals surface area contributed by atoms with Crippen LogP contribution in [0.1, 0.15) is 24.8 Å². The van der Waals surface area contributed by atoms with E-state index in [2.05, 4.69) is 10.3 Å².